The van der Waals surface area contributed by atoms with Crippen molar-refractivity contribution in [2.75, 3.05) is 17.2 Å². The van der Waals surface area contributed by atoms with Gasteiger partial charge in [0.05, 0.1) is 17.8 Å². The van der Waals surface area contributed by atoms with E-state index in [1.807, 2.05) is 6.07 Å². The van der Waals surface area contributed by atoms with Crippen LogP contribution < -0.4 is 15.4 Å². The minimum absolute atomic E-state index is 0.0352. The maximum absolute atomic E-state index is 12.5. The Balaban J connectivity index is 1.72. The maximum atomic E-state index is 12.5. The first-order valence-electron chi connectivity index (χ1n) is 8.39. The number of hydrogen-bond acceptors (Lipinski definition) is 7. The maximum Gasteiger partial charge on any atom is 0.422 e. The van der Waals surface area contributed by atoms with Crippen LogP contribution in [-0.4, -0.2) is 33.6 Å². The van der Waals surface area contributed by atoms with E-state index < -0.39 is 18.7 Å². The van der Waals surface area contributed by atoms with Crippen molar-refractivity contribution in [3.8, 4) is 11.8 Å². The number of hydrogen-bond donors (Lipinski definition) is 2. The highest BCUT2D eigenvalue weighted by molar-refractivity contribution is 6.03. The second-order valence-electron chi connectivity index (χ2n) is 5.81. The summed E-state index contributed by atoms with van der Waals surface area (Å²) in [4.78, 5) is 24.4. The van der Waals surface area contributed by atoms with Crippen molar-refractivity contribution in [3.63, 3.8) is 0 Å². The molecule has 0 saturated heterocycles. The minimum atomic E-state index is -4.52. The van der Waals surface area contributed by atoms with Gasteiger partial charge in [-0.25, -0.2) is 9.97 Å². The van der Waals surface area contributed by atoms with E-state index in [1.165, 1.54) is 30.7 Å². The molecule has 0 unspecified atom stereocenters. The molecule has 30 heavy (non-hydrogen) atoms. The van der Waals surface area contributed by atoms with Gasteiger partial charge in [-0.2, -0.15) is 18.4 Å². The predicted molar refractivity (Wildman–Crippen MR) is 100 cm³/mol. The molecule has 8 nitrogen and oxygen atoms in total. The molecule has 0 aliphatic rings. The van der Waals surface area contributed by atoms with Crippen molar-refractivity contribution < 1.29 is 22.7 Å². The van der Waals surface area contributed by atoms with Crippen molar-refractivity contribution in [2.24, 2.45) is 0 Å². The molecule has 152 valence electrons. The van der Waals surface area contributed by atoms with Crippen LogP contribution in [0.1, 0.15) is 16.1 Å². The molecule has 3 rings (SSSR count). The van der Waals surface area contributed by atoms with E-state index in [2.05, 4.69) is 25.6 Å². The lowest BCUT2D eigenvalue weighted by Crippen LogP contribution is -2.21. The average molecular weight is 414 g/mol. The molecule has 0 aliphatic heterocycles. The normalized spacial score (nSPS) is 10.7. The van der Waals surface area contributed by atoms with Gasteiger partial charge < -0.3 is 15.4 Å². The molecule has 0 fully saturated rings. The molecular formula is C19H13F3N6O2. The molecule has 1 aromatic carbocycles. The van der Waals surface area contributed by atoms with Crippen LogP contribution in [0.2, 0.25) is 0 Å². The number of nitrogens with zero attached hydrogens (tertiary/aromatic N) is 4. The zero-order valence-electron chi connectivity index (χ0n) is 15.1. The summed E-state index contributed by atoms with van der Waals surface area (Å²) >= 11 is 0. The number of aromatic nitrogens is 3. The predicted octanol–water partition coefficient (Wildman–Crippen LogP) is 3.68. The summed E-state index contributed by atoms with van der Waals surface area (Å²) in [5, 5.41) is 14.1. The highest BCUT2D eigenvalue weighted by Gasteiger charge is 2.29. The monoisotopic (exact) mass is 414 g/mol. The molecule has 0 bridgehead atoms. The number of nitriles is 1. The van der Waals surface area contributed by atoms with Crippen molar-refractivity contribution >= 4 is 23.2 Å². The summed E-state index contributed by atoms with van der Waals surface area (Å²) in [7, 11) is 0. The number of carbonyl (C=O) groups is 1. The number of rotatable bonds is 6. The first-order valence-corrected chi connectivity index (χ1v) is 8.39. The highest BCUT2D eigenvalue weighted by atomic mass is 19.4. The summed E-state index contributed by atoms with van der Waals surface area (Å²) < 4.78 is 41.9. The van der Waals surface area contributed by atoms with Crippen molar-refractivity contribution in [2.45, 2.75) is 6.18 Å². The molecule has 2 aromatic heterocycles. The molecular weight excluding hydrogens is 401 g/mol. The Labute approximate surface area is 168 Å². The zero-order valence-corrected chi connectivity index (χ0v) is 15.1. The van der Waals surface area contributed by atoms with Gasteiger partial charge in [-0.1, -0.05) is 0 Å². The second-order valence-corrected chi connectivity index (χ2v) is 5.81. The van der Waals surface area contributed by atoms with Crippen molar-refractivity contribution in [1.29, 1.82) is 5.26 Å². The Bertz CT molecular complexity index is 1080. The van der Waals surface area contributed by atoms with Crippen LogP contribution >= 0.6 is 0 Å². The molecule has 1 amide bonds. The molecule has 3 aromatic rings. The third kappa shape index (κ3) is 5.65. The van der Waals surface area contributed by atoms with Crippen LogP contribution in [0.4, 0.5) is 30.5 Å². The Morgan fingerprint density at radius 2 is 1.90 bits per heavy atom. The first-order chi connectivity index (χ1) is 14.3. The first kappa shape index (κ1) is 20.5. The molecule has 11 heteroatoms. The standard InChI is InChI=1S/C19H13F3N6O2/c20-19(21,22)11-30-16-6-7-24-10-15(16)27-17(29)14-5-8-25-18(28-14)26-13-3-1-12(9-23)2-4-13/h1-8,10H,11H2,(H,27,29)(H,25,26,28). The minimum Gasteiger partial charge on any atom is -0.482 e. The van der Waals surface area contributed by atoms with Crippen LogP contribution in [0.3, 0.4) is 0 Å². The fraction of sp³-hybridized carbons (Fsp3) is 0.105. The lowest BCUT2D eigenvalue weighted by Gasteiger charge is -2.13. The fourth-order valence-corrected chi connectivity index (χ4v) is 2.25. The quantitative estimate of drug-likeness (QED) is 0.633. The van der Waals surface area contributed by atoms with Gasteiger partial charge in [0.15, 0.2) is 6.61 Å². The molecule has 0 atom stereocenters. The molecule has 0 saturated carbocycles. The summed E-state index contributed by atoms with van der Waals surface area (Å²) in [6.45, 7) is -1.51. The number of ether oxygens (including phenoxy) is 1. The summed E-state index contributed by atoms with van der Waals surface area (Å²) in [5.74, 6) is -0.752. The molecule has 0 aliphatic carbocycles. The lowest BCUT2D eigenvalue weighted by atomic mass is 10.2. The Morgan fingerprint density at radius 1 is 1.13 bits per heavy atom. The van der Waals surface area contributed by atoms with E-state index in [9.17, 15) is 18.0 Å². The number of alkyl halides is 3. The average Bonchev–Trinajstić information content (AvgIpc) is 2.73. The van der Waals surface area contributed by atoms with Crippen molar-refractivity contribution in [3.05, 3.63) is 66.2 Å². The van der Waals surface area contributed by atoms with Gasteiger partial charge in [0.25, 0.3) is 5.91 Å². The van der Waals surface area contributed by atoms with E-state index in [4.69, 9.17) is 10.00 Å². The van der Waals surface area contributed by atoms with Crippen molar-refractivity contribution in [1.82, 2.24) is 15.0 Å². The van der Waals surface area contributed by atoms with E-state index in [0.717, 1.165) is 0 Å². The van der Waals surface area contributed by atoms with Crippen LogP contribution in [0.25, 0.3) is 0 Å². The van der Waals surface area contributed by atoms with Crippen LogP contribution in [-0.2, 0) is 0 Å². The lowest BCUT2D eigenvalue weighted by molar-refractivity contribution is -0.153. The summed E-state index contributed by atoms with van der Waals surface area (Å²) in [6, 6.07) is 11.0. The molecule has 2 heterocycles. The van der Waals surface area contributed by atoms with Gasteiger partial charge in [0.2, 0.25) is 5.95 Å². The smallest absolute Gasteiger partial charge is 0.422 e. The highest BCUT2D eigenvalue weighted by Crippen LogP contribution is 2.26. The number of anilines is 3. The number of nitrogens with one attached hydrogen (secondary N) is 2. The SMILES string of the molecule is N#Cc1ccc(Nc2nccc(C(=O)Nc3cnccc3OCC(F)(F)F)n2)cc1. The van der Waals surface area contributed by atoms with E-state index in [-0.39, 0.29) is 23.1 Å². The van der Waals surface area contributed by atoms with Gasteiger partial charge >= 0.3 is 6.18 Å². The van der Waals surface area contributed by atoms with Gasteiger partial charge in [-0.15, -0.1) is 0 Å². The number of carbonyl (C=O) groups excluding carboxylic acids is 1. The topological polar surface area (TPSA) is 113 Å². The molecule has 2 N–H and O–H groups in total. The number of benzene rings is 1. The number of halogens is 3. The summed E-state index contributed by atoms with van der Waals surface area (Å²) in [6.07, 6.45) is -0.770. The van der Waals surface area contributed by atoms with Crippen LogP contribution in [0.5, 0.6) is 5.75 Å². The van der Waals surface area contributed by atoms with Gasteiger partial charge in [-0.05, 0) is 30.3 Å². The fourth-order valence-electron chi connectivity index (χ4n) is 2.25. The van der Waals surface area contributed by atoms with Gasteiger partial charge in [0, 0.05) is 24.1 Å². The number of amides is 1. The van der Waals surface area contributed by atoms with E-state index in [0.29, 0.717) is 11.3 Å². The second kappa shape index (κ2) is 8.87. The Kier molecular flexibility index (Phi) is 6.07. The van der Waals surface area contributed by atoms with Gasteiger partial charge in [0.1, 0.15) is 17.1 Å². The van der Waals surface area contributed by atoms with E-state index in [1.54, 1.807) is 24.3 Å². The molecule has 0 radical (unpaired) electrons. The molecule has 0 spiro atoms. The van der Waals surface area contributed by atoms with Gasteiger partial charge in [-0.3, -0.25) is 9.78 Å². The zero-order chi connectivity index (χ0) is 21.6. The largest absolute Gasteiger partial charge is 0.482 e. The summed E-state index contributed by atoms with van der Waals surface area (Å²) in [5.41, 5.74) is 1.01. The Morgan fingerprint density at radius 3 is 2.60 bits per heavy atom. The third-order valence-corrected chi connectivity index (χ3v) is 3.58. The van der Waals surface area contributed by atoms with E-state index >= 15 is 0 Å². The van der Waals surface area contributed by atoms with Crippen LogP contribution in [0.15, 0.2) is 55.0 Å². The number of pyridine rings is 1. The van der Waals surface area contributed by atoms with Crippen LogP contribution in [0, 0.1) is 11.3 Å². The third-order valence-electron chi connectivity index (χ3n) is 3.58. The Hall–Kier alpha value is -4.20.